The second-order valence-corrected chi connectivity index (χ2v) is 8.85. The molecule has 3 aromatic rings. The molecule has 168 valence electrons. The van der Waals surface area contributed by atoms with Crippen molar-refractivity contribution in [2.75, 3.05) is 13.1 Å². The highest BCUT2D eigenvalue weighted by Gasteiger charge is 2.35. The Balaban J connectivity index is 1.46. The number of nitrogens with zero attached hydrogens (tertiary/aromatic N) is 4. The number of hydrogen-bond donors (Lipinski definition) is 1. The maximum atomic E-state index is 13.4. The smallest absolute Gasteiger partial charge is 0.378 e. The second kappa shape index (κ2) is 8.23. The van der Waals surface area contributed by atoms with Crippen molar-refractivity contribution in [1.82, 2.24) is 19.5 Å². The van der Waals surface area contributed by atoms with Crippen molar-refractivity contribution in [3.63, 3.8) is 0 Å². The number of aryl methyl sites for hydroxylation is 1. The summed E-state index contributed by atoms with van der Waals surface area (Å²) in [5, 5.41) is 14.0. The highest BCUT2D eigenvalue weighted by Crippen LogP contribution is 2.32. The van der Waals surface area contributed by atoms with Crippen molar-refractivity contribution in [2.24, 2.45) is 0 Å². The molecule has 0 unspecified atom stereocenters. The van der Waals surface area contributed by atoms with Gasteiger partial charge in [0.25, 0.3) is 0 Å². The standard InChI is InChI=1S/C24H25F3N4O/c1-16-12-21(24(25,26)27)31-22(28-16)13-20(29-31)19-9-11-30(15-19)14-18-6-4-17(5-7-18)8-10-23(2,3)32/h4-7,12-13,19,32H,9,11,14-15H2,1-3H3/t19-/m0/s1. The van der Waals surface area contributed by atoms with Gasteiger partial charge in [-0.1, -0.05) is 24.0 Å². The van der Waals surface area contributed by atoms with Crippen molar-refractivity contribution in [3.05, 3.63) is 64.6 Å². The number of aliphatic hydroxyl groups is 1. The van der Waals surface area contributed by atoms with Crippen molar-refractivity contribution in [1.29, 1.82) is 0 Å². The molecule has 1 fully saturated rings. The Kier molecular flexibility index (Phi) is 5.74. The highest BCUT2D eigenvalue weighted by molar-refractivity contribution is 5.43. The van der Waals surface area contributed by atoms with Crippen LogP contribution in [0.2, 0.25) is 0 Å². The maximum absolute atomic E-state index is 13.4. The summed E-state index contributed by atoms with van der Waals surface area (Å²) in [6, 6.07) is 10.6. The summed E-state index contributed by atoms with van der Waals surface area (Å²) < 4.78 is 41.1. The Morgan fingerprint density at radius 3 is 2.53 bits per heavy atom. The fourth-order valence-corrected chi connectivity index (χ4v) is 3.91. The molecule has 1 aliphatic rings. The zero-order chi connectivity index (χ0) is 23.1. The molecule has 0 amide bonds. The number of fused-ring (bicyclic) bond motifs is 1. The Morgan fingerprint density at radius 2 is 1.88 bits per heavy atom. The Morgan fingerprint density at radius 1 is 1.16 bits per heavy atom. The van der Waals surface area contributed by atoms with Crippen LogP contribution in [0.15, 0.2) is 36.4 Å². The van der Waals surface area contributed by atoms with Crippen LogP contribution in [-0.2, 0) is 12.7 Å². The molecular formula is C24H25F3N4O. The molecule has 0 spiro atoms. The predicted molar refractivity (Wildman–Crippen MR) is 115 cm³/mol. The monoisotopic (exact) mass is 442 g/mol. The molecule has 8 heteroatoms. The molecule has 2 aromatic heterocycles. The van der Waals surface area contributed by atoms with E-state index in [9.17, 15) is 18.3 Å². The van der Waals surface area contributed by atoms with E-state index < -0.39 is 17.5 Å². The molecule has 0 radical (unpaired) electrons. The van der Waals surface area contributed by atoms with Gasteiger partial charge in [-0.15, -0.1) is 0 Å². The average molecular weight is 442 g/mol. The average Bonchev–Trinajstić information content (AvgIpc) is 3.32. The number of aromatic nitrogens is 3. The molecule has 0 aliphatic carbocycles. The number of likely N-dealkylation sites (tertiary alicyclic amines) is 1. The molecule has 1 atom stereocenters. The van der Waals surface area contributed by atoms with Crippen LogP contribution in [0.3, 0.4) is 0 Å². The fraction of sp³-hybridized carbons (Fsp3) is 0.417. The Labute approximate surface area is 184 Å². The minimum atomic E-state index is -4.49. The number of alkyl halides is 3. The highest BCUT2D eigenvalue weighted by atomic mass is 19.4. The molecule has 5 nitrogen and oxygen atoms in total. The van der Waals surface area contributed by atoms with Gasteiger partial charge in [0, 0.05) is 36.3 Å². The van der Waals surface area contributed by atoms with Crippen molar-refractivity contribution in [3.8, 4) is 11.8 Å². The summed E-state index contributed by atoms with van der Waals surface area (Å²) in [5.41, 5.74) is 1.33. The largest absolute Gasteiger partial charge is 0.433 e. The first-order valence-corrected chi connectivity index (χ1v) is 10.5. The van der Waals surface area contributed by atoms with Crippen LogP contribution >= 0.6 is 0 Å². The van der Waals surface area contributed by atoms with E-state index in [1.165, 1.54) is 0 Å². The van der Waals surface area contributed by atoms with Crippen molar-refractivity contribution in [2.45, 2.75) is 51.4 Å². The molecule has 32 heavy (non-hydrogen) atoms. The molecule has 3 heterocycles. The van der Waals surface area contributed by atoms with Crippen LogP contribution < -0.4 is 0 Å². The molecule has 0 saturated carbocycles. The number of halogens is 3. The van der Waals surface area contributed by atoms with E-state index in [-0.39, 0.29) is 11.6 Å². The van der Waals surface area contributed by atoms with Gasteiger partial charge in [-0.25, -0.2) is 9.50 Å². The Hall–Kier alpha value is -2.89. The minimum absolute atomic E-state index is 0.0648. The molecule has 1 N–H and O–H groups in total. The van der Waals surface area contributed by atoms with Crippen LogP contribution in [0.5, 0.6) is 0 Å². The SMILES string of the molecule is Cc1cc(C(F)(F)F)n2nc([C@H]3CCN(Cc4ccc(C#CC(C)(C)O)cc4)C3)cc2n1. The molecular weight excluding hydrogens is 417 g/mol. The lowest BCUT2D eigenvalue weighted by molar-refractivity contribution is -0.142. The lowest BCUT2D eigenvalue weighted by Crippen LogP contribution is -2.20. The Bertz CT molecular complexity index is 1180. The molecule has 1 aromatic carbocycles. The third-order valence-electron chi connectivity index (χ3n) is 5.43. The summed E-state index contributed by atoms with van der Waals surface area (Å²) in [6.07, 6.45) is -3.65. The lowest BCUT2D eigenvalue weighted by Gasteiger charge is -2.15. The van der Waals surface area contributed by atoms with Gasteiger partial charge < -0.3 is 5.11 Å². The van der Waals surface area contributed by atoms with Crippen LogP contribution in [0.1, 0.15) is 54.4 Å². The zero-order valence-electron chi connectivity index (χ0n) is 18.2. The van der Waals surface area contributed by atoms with Gasteiger partial charge in [0.1, 0.15) is 11.3 Å². The quantitative estimate of drug-likeness (QED) is 0.619. The maximum Gasteiger partial charge on any atom is 0.433 e. The van der Waals surface area contributed by atoms with Gasteiger partial charge in [-0.05, 0) is 57.5 Å². The summed E-state index contributed by atoms with van der Waals surface area (Å²) in [5.74, 6) is 5.81. The first-order valence-electron chi connectivity index (χ1n) is 10.5. The fourth-order valence-electron chi connectivity index (χ4n) is 3.91. The van der Waals surface area contributed by atoms with E-state index in [0.717, 1.165) is 47.8 Å². The van der Waals surface area contributed by atoms with Gasteiger partial charge >= 0.3 is 6.18 Å². The van der Waals surface area contributed by atoms with Crippen molar-refractivity contribution < 1.29 is 18.3 Å². The van der Waals surface area contributed by atoms with Crippen LogP contribution in [0, 0.1) is 18.8 Å². The van der Waals surface area contributed by atoms with Crippen LogP contribution in [0.4, 0.5) is 13.2 Å². The van der Waals surface area contributed by atoms with Gasteiger partial charge in [0.15, 0.2) is 5.65 Å². The predicted octanol–water partition coefficient (Wildman–Crippen LogP) is 4.17. The first-order chi connectivity index (χ1) is 15.0. The summed E-state index contributed by atoms with van der Waals surface area (Å²) in [7, 11) is 0. The number of hydrogen-bond acceptors (Lipinski definition) is 4. The topological polar surface area (TPSA) is 53.7 Å². The van der Waals surface area contributed by atoms with Gasteiger partial charge in [0.05, 0.1) is 5.69 Å². The summed E-state index contributed by atoms with van der Waals surface area (Å²) >= 11 is 0. The van der Waals surface area contributed by atoms with Crippen molar-refractivity contribution >= 4 is 5.65 Å². The zero-order valence-corrected chi connectivity index (χ0v) is 18.2. The molecule has 1 saturated heterocycles. The molecule has 1 aliphatic heterocycles. The van der Waals surface area contributed by atoms with Gasteiger partial charge in [-0.3, -0.25) is 4.90 Å². The number of rotatable bonds is 3. The molecule has 0 bridgehead atoms. The normalized spacial score (nSPS) is 17.5. The lowest BCUT2D eigenvalue weighted by atomic mass is 10.1. The van der Waals surface area contributed by atoms with Crippen LogP contribution in [0.25, 0.3) is 5.65 Å². The van der Waals surface area contributed by atoms with E-state index in [0.29, 0.717) is 11.4 Å². The second-order valence-electron chi connectivity index (χ2n) is 8.85. The summed E-state index contributed by atoms with van der Waals surface area (Å²) in [4.78, 5) is 6.50. The number of benzene rings is 1. The van der Waals surface area contributed by atoms with Gasteiger partial charge in [0.2, 0.25) is 0 Å². The van der Waals surface area contributed by atoms with Crippen LogP contribution in [-0.4, -0.2) is 43.3 Å². The minimum Gasteiger partial charge on any atom is -0.378 e. The van der Waals surface area contributed by atoms with Gasteiger partial charge in [-0.2, -0.15) is 18.3 Å². The molecule has 4 rings (SSSR count). The van der Waals surface area contributed by atoms with E-state index in [2.05, 4.69) is 26.8 Å². The summed E-state index contributed by atoms with van der Waals surface area (Å²) in [6.45, 7) is 7.15. The van der Waals surface area contributed by atoms with E-state index in [1.807, 2.05) is 24.3 Å². The van der Waals surface area contributed by atoms with E-state index in [1.54, 1.807) is 26.8 Å². The van der Waals surface area contributed by atoms with E-state index in [4.69, 9.17) is 0 Å². The van der Waals surface area contributed by atoms with E-state index >= 15 is 0 Å². The third-order valence-corrected chi connectivity index (χ3v) is 5.43. The first kappa shape index (κ1) is 22.3. The third kappa shape index (κ3) is 5.12.